The third kappa shape index (κ3) is 1.82. The molecule has 2 atom stereocenters. The lowest BCUT2D eigenvalue weighted by Gasteiger charge is -2.27. The van der Waals surface area contributed by atoms with Crippen LogP contribution in [0.2, 0.25) is 0 Å². The van der Waals surface area contributed by atoms with Gasteiger partial charge in [-0.15, -0.1) is 0 Å². The van der Waals surface area contributed by atoms with Crippen molar-refractivity contribution in [1.82, 2.24) is 0 Å². The molecule has 0 bridgehead atoms. The van der Waals surface area contributed by atoms with E-state index in [1.165, 1.54) is 0 Å². The number of carbonyl (C=O) groups excluding carboxylic acids is 1. The van der Waals surface area contributed by atoms with Gasteiger partial charge in [-0.2, -0.15) is 0 Å². The maximum absolute atomic E-state index is 12.0. The number of ketones is 1. The van der Waals surface area contributed by atoms with Crippen LogP contribution in [0.5, 0.6) is 0 Å². The number of rotatable bonds is 2. The Labute approximate surface area is 84.1 Å². The van der Waals surface area contributed by atoms with Gasteiger partial charge in [0, 0.05) is 31.1 Å². The van der Waals surface area contributed by atoms with Gasteiger partial charge in [0.15, 0.2) is 5.78 Å². The van der Waals surface area contributed by atoms with E-state index < -0.39 is 0 Å². The van der Waals surface area contributed by atoms with Crippen molar-refractivity contribution in [3.05, 3.63) is 11.8 Å². The van der Waals surface area contributed by atoms with Gasteiger partial charge >= 0.3 is 0 Å². The van der Waals surface area contributed by atoms with Gasteiger partial charge in [0.1, 0.15) is 0 Å². The Morgan fingerprint density at radius 2 is 2.36 bits per heavy atom. The SMILES string of the molecule is CC1COCCC1C(=O)C1=COCC1. The zero-order chi connectivity index (χ0) is 9.97. The lowest BCUT2D eigenvalue weighted by molar-refractivity contribution is -0.124. The van der Waals surface area contributed by atoms with E-state index >= 15 is 0 Å². The zero-order valence-corrected chi connectivity index (χ0v) is 8.49. The van der Waals surface area contributed by atoms with Crippen molar-refractivity contribution < 1.29 is 14.3 Å². The largest absolute Gasteiger partial charge is 0.500 e. The second kappa shape index (κ2) is 4.13. The first kappa shape index (κ1) is 9.71. The van der Waals surface area contributed by atoms with Gasteiger partial charge in [0.25, 0.3) is 0 Å². The molecule has 0 spiro atoms. The maximum atomic E-state index is 12.0. The molecule has 0 aromatic rings. The summed E-state index contributed by atoms with van der Waals surface area (Å²) in [6.45, 7) is 4.18. The van der Waals surface area contributed by atoms with Crippen molar-refractivity contribution in [2.75, 3.05) is 19.8 Å². The Morgan fingerprint density at radius 1 is 1.50 bits per heavy atom. The highest BCUT2D eigenvalue weighted by atomic mass is 16.5. The van der Waals surface area contributed by atoms with Crippen LogP contribution in [0.15, 0.2) is 11.8 Å². The van der Waals surface area contributed by atoms with Gasteiger partial charge < -0.3 is 9.47 Å². The lowest BCUT2D eigenvalue weighted by Crippen LogP contribution is -2.32. The molecule has 2 aliphatic heterocycles. The molecule has 0 N–H and O–H groups in total. The molecule has 0 saturated carbocycles. The average molecular weight is 196 g/mol. The maximum Gasteiger partial charge on any atom is 0.165 e. The summed E-state index contributed by atoms with van der Waals surface area (Å²) in [7, 11) is 0. The molecule has 0 amide bonds. The summed E-state index contributed by atoms with van der Waals surface area (Å²) in [6.07, 6.45) is 3.27. The number of hydrogen-bond donors (Lipinski definition) is 0. The zero-order valence-electron chi connectivity index (χ0n) is 8.49. The molecule has 1 fully saturated rings. The fourth-order valence-electron chi connectivity index (χ4n) is 2.08. The molecule has 78 valence electrons. The standard InChI is InChI=1S/C11H16O3/c1-8-6-13-5-3-10(8)11(12)9-2-4-14-7-9/h7-8,10H,2-6H2,1H3. The predicted molar refractivity (Wildman–Crippen MR) is 51.7 cm³/mol. The molecule has 2 heterocycles. The molecule has 14 heavy (non-hydrogen) atoms. The van der Waals surface area contributed by atoms with Crippen LogP contribution in [-0.2, 0) is 14.3 Å². The summed E-state index contributed by atoms with van der Waals surface area (Å²) in [5.74, 6) is 0.771. The van der Waals surface area contributed by atoms with Crippen molar-refractivity contribution in [2.45, 2.75) is 19.8 Å². The molecule has 2 rings (SSSR count). The van der Waals surface area contributed by atoms with E-state index in [0.717, 1.165) is 25.0 Å². The topological polar surface area (TPSA) is 35.5 Å². The van der Waals surface area contributed by atoms with E-state index in [9.17, 15) is 4.79 Å². The normalized spacial score (nSPS) is 32.2. The second-order valence-electron chi connectivity index (χ2n) is 4.08. The Bertz CT molecular complexity index is 257. The van der Waals surface area contributed by atoms with Crippen LogP contribution >= 0.6 is 0 Å². The minimum Gasteiger partial charge on any atom is -0.500 e. The lowest BCUT2D eigenvalue weighted by atomic mass is 9.83. The van der Waals surface area contributed by atoms with E-state index in [1.54, 1.807) is 6.26 Å². The third-order valence-electron chi connectivity index (χ3n) is 3.01. The summed E-state index contributed by atoms with van der Waals surface area (Å²) in [4.78, 5) is 12.0. The van der Waals surface area contributed by atoms with E-state index in [2.05, 4.69) is 6.92 Å². The Morgan fingerprint density at radius 3 is 3.00 bits per heavy atom. The highest BCUT2D eigenvalue weighted by Gasteiger charge is 2.31. The molecule has 2 aliphatic rings. The highest BCUT2D eigenvalue weighted by Crippen LogP contribution is 2.27. The monoisotopic (exact) mass is 196 g/mol. The minimum atomic E-state index is 0.150. The number of Topliss-reactive ketones (excluding diaryl/α,β-unsaturated/α-hetero) is 1. The molecule has 3 nitrogen and oxygen atoms in total. The third-order valence-corrected chi connectivity index (χ3v) is 3.01. The number of carbonyl (C=O) groups is 1. The van der Waals surface area contributed by atoms with Crippen LogP contribution < -0.4 is 0 Å². The fourth-order valence-corrected chi connectivity index (χ4v) is 2.08. The second-order valence-corrected chi connectivity index (χ2v) is 4.08. The highest BCUT2D eigenvalue weighted by molar-refractivity contribution is 5.97. The smallest absolute Gasteiger partial charge is 0.165 e. The summed E-state index contributed by atoms with van der Waals surface area (Å²) >= 11 is 0. The van der Waals surface area contributed by atoms with Crippen LogP contribution in [0.3, 0.4) is 0 Å². The van der Waals surface area contributed by atoms with Crippen molar-refractivity contribution >= 4 is 5.78 Å². The van der Waals surface area contributed by atoms with Gasteiger partial charge in [-0.25, -0.2) is 0 Å². The van der Waals surface area contributed by atoms with Gasteiger partial charge in [0.2, 0.25) is 0 Å². The molecule has 0 aliphatic carbocycles. The van der Waals surface area contributed by atoms with Crippen LogP contribution in [0.4, 0.5) is 0 Å². The van der Waals surface area contributed by atoms with Crippen molar-refractivity contribution in [3.63, 3.8) is 0 Å². The van der Waals surface area contributed by atoms with E-state index in [-0.39, 0.29) is 11.7 Å². The molecule has 0 radical (unpaired) electrons. The van der Waals surface area contributed by atoms with Crippen LogP contribution in [0, 0.1) is 11.8 Å². The molecule has 3 heteroatoms. The molecular weight excluding hydrogens is 180 g/mol. The van der Waals surface area contributed by atoms with Crippen molar-refractivity contribution in [3.8, 4) is 0 Å². The summed E-state index contributed by atoms with van der Waals surface area (Å²) < 4.78 is 10.4. The van der Waals surface area contributed by atoms with Crippen LogP contribution in [0.25, 0.3) is 0 Å². The number of ether oxygens (including phenoxy) is 2. The minimum absolute atomic E-state index is 0.150. The van der Waals surface area contributed by atoms with Crippen molar-refractivity contribution in [2.24, 2.45) is 11.8 Å². The predicted octanol–water partition coefficient (Wildman–Crippen LogP) is 1.53. The molecule has 1 saturated heterocycles. The summed E-state index contributed by atoms with van der Waals surface area (Å²) in [5, 5.41) is 0. The Kier molecular flexibility index (Phi) is 2.87. The van der Waals surface area contributed by atoms with E-state index in [0.29, 0.717) is 19.1 Å². The van der Waals surface area contributed by atoms with Gasteiger partial charge in [-0.3, -0.25) is 4.79 Å². The summed E-state index contributed by atoms with van der Waals surface area (Å²) in [6, 6.07) is 0. The summed E-state index contributed by atoms with van der Waals surface area (Å²) in [5.41, 5.74) is 0.865. The fraction of sp³-hybridized carbons (Fsp3) is 0.727. The van der Waals surface area contributed by atoms with Crippen molar-refractivity contribution in [1.29, 1.82) is 0 Å². The van der Waals surface area contributed by atoms with Gasteiger partial charge in [-0.1, -0.05) is 6.92 Å². The first-order valence-electron chi connectivity index (χ1n) is 5.21. The molecular formula is C11H16O3. The number of hydrogen-bond acceptors (Lipinski definition) is 3. The van der Waals surface area contributed by atoms with Crippen LogP contribution in [-0.4, -0.2) is 25.6 Å². The van der Waals surface area contributed by atoms with Crippen LogP contribution in [0.1, 0.15) is 19.8 Å². The molecule has 0 aromatic carbocycles. The molecule has 2 unspecified atom stereocenters. The molecule has 0 aromatic heterocycles. The Balaban J connectivity index is 2.02. The van der Waals surface area contributed by atoms with E-state index in [4.69, 9.17) is 9.47 Å². The Hall–Kier alpha value is -0.830. The first-order chi connectivity index (χ1) is 6.79. The van der Waals surface area contributed by atoms with Gasteiger partial charge in [-0.05, 0) is 12.3 Å². The van der Waals surface area contributed by atoms with E-state index in [1.807, 2.05) is 0 Å². The quantitative estimate of drug-likeness (QED) is 0.672. The first-order valence-corrected chi connectivity index (χ1v) is 5.21. The van der Waals surface area contributed by atoms with Gasteiger partial charge in [0.05, 0.1) is 12.9 Å². The average Bonchev–Trinajstić information content (AvgIpc) is 2.70.